The van der Waals surface area contributed by atoms with Crippen LogP contribution in [0.15, 0.2) is 42.5 Å². The Morgan fingerprint density at radius 2 is 1.82 bits per heavy atom. The van der Waals surface area contributed by atoms with Crippen LogP contribution in [0.4, 0.5) is 14.9 Å². The molecule has 2 aromatic rings. The molecular weight excluding hydrogens is 437 g/mol. The minimum absolute atomic E-state index is 0.148. The van der Waals surface area contributed by atoms with E-state index in [4.69, 9.17) is 4.74 Å². The number of anilines is 1. The highest BCUT2D eigenvalue weighted by molar-refractivity contribution is 6.10. The number of carbonyl (C=O) groups is 3. The van der Waals surface area contributed by atoms with Crippen molar-refractivity contribution in [3.63, 3.8) is 0 Å². The molecule has 8 heteroatoms. The molecule has 34 heavy (non-hydrogen) atoms. The number of nitrogens with zero attached hydrogens (tertiary/aromatic N) is 1. The molecule has 0 radical (unpaired) electrons. The average molecular weight is 470 g/mol. The lowest BCUT2D eigenvalue weighted by Crippen LogP contribution is -2.44. The fraction of sp³-hybridized carbons (Fsp3) is 0.423. The van der Waals surface area contributed by atoms with Crippen molar-refractivity contribution < 1.29 is 23.5 Å². The van der Waals surface area contributed by atoms with Crippen molar-refractivity contribution in [3.8, 4) is 5.75 Å². The second kappa shape index (κ2) is 9.83. The topological polar surface area (TPSA) is 87.7 Å². The summed E-state index contributed by atoms with van der Waals surface area (Å²) in [4.78, 5) is 40.1. The number of hydrogen-bond donors (Lipinski definition) is 2. The molecule has 1 unspecified atom stereocenters. The molecule has 182 valence electrons. The first-order chi connectivity index (χ1) is 16.0. The molecule has 1 aliphatic heterocycles. The van der Waals surface area contributed by atoms with Crippen molar-refractivity contribution in [2.24, 2.45) is 0 Å². The summed E-state index contributed by atoms with van der Waals surface area (Å²) >= 11 is 0. The third-order valence-corrected chi connectivity index (χ3v) is 6.06. The zero-order chi connectivity index (χ0) is 25.1. The van der Waals surface area contributed by atoms with Gasteiger partial charge in [0.25, 0.3) is 5.91 Å². The van der Waals surface area contributed by atoms with Crippen molar-refractivity contribution in [1.29, 1.82) is 0 Å². The molecule has 7 nitrogen and oxygen atoms in total. The van der Waals surface area contributed by atoms with E-state index in [1.54, 1.807) is 6.07 Å². The van der Waals surface area contributed by atoms with Crippen LogP contribution in [0.5, 0.6) is 5.75 Å². The lowest BCUT2D eigenvalue weighted by Gasteiger charge is -2.27. The Bertz CT molecular complexity index is 1080. The third-order valence-electron chi connectivity index (χ3n) is 6.06. The fourth-order valence-corrected chi connectivity index (χ4v) is 4.06. The standard InChI is InChI=1S/C26H32FN3O4/c1-6-7-14-26(17-8-11-19(27)12-9-17)23(32)30(24(33)29-26)16-22(31)28-20-15-18(25(2,3)4)10-13-21(20)34-5/h8-13,15H,6-7,14,16H2,1-5H3,(H,28,31)(H,29,33). The number of imide groups is 1. The maximum Gasteiger partial charge on any atom is 0.325 e. The van der Waals surface area contributed by atoms with Crippen molar-refractivity contribution in [2.45, 2.75) is 57.9 Å². The van der Waals surface area contributed by atoms with Gasteiger partial charge in [-0.2, -0.15) is 0 Å². The van der Waals surface area contributed by atoms with E-state index >= 15 is 0 Å². The van der Waals surface area contributed by atoms with Crippen LogP contribution in [0.3, 0.4) is 0 Å². The van der Waals surface area contributed by atoms with E-state index in [1.165, 1.54) is 31.4 Å². The van der Waals surface area contributed by atoms with Gasteiger partial charge in [-0.25, -0.2) is 9.18 Å². The van der Waals surface area contributed by atoms with Crippen LogP contribution in [0.1, 0.15) is 58.1 Å². The van der Waals surface area contributed by atoms with Gasteiger partial charge < -0.3 is 15.4 Å². The fourth-order valence-electron chi connectivity index (χ4n) is 4.06. The molecule has 1 fully saturated rings. The first-order valence-corrected chi connectivity index (χ1v) is 11.4. The minimum Gasteiger partial charge on any atom is -0.495 e. The number of unbranched alkanes of at least 4 members (excludes halogenated alkanes) is 1. The summed E-state index contributed by atoms with van der Waals surface area (Å²) < 4.78 is 18.9. The molecule has 0 saturated carbocycles. The highest BCUT2D eigenvalue weighted by Crippen LogP contribution is 2.35. The SMILES string of the molecule is CCCCC1(c2ccc(F)cc2)NC(=O)N(CC(=O)Nc2cc(C(C)(C)C)ccc2OC)C1=O. The van der Waals surface area contributed by atoms with Gasteiger partial charge in [-0.15, -0.1) is 0 Å². The molecule has 1 saturated heterocycles. The highest BCUT2D eigenvalue weighted by Gasteiger charge is 2.52. The number of rotatable bonds is 8. The van der Waals surface area contributed by atoms with Crippen LogP contribution in [-0.4, -0.2) is 36.4 Å². The van der Waals surface area contributed by atoms with Gasteiger partial charge in [-0.3, -0.25) is 14.5 Å². The second-order valence-corrected chi connectivity index (χ2v) is 9.55. The second-order valence-electron chi connectivity index (χ2n) is 9.55. The average Bonchev–Trinajstić information content (AvgIpc) is 3.02. The summed E-state index contributed by atoms with van der Waals surface area (Å²) in [6, 6.07) is 10.4. The largest absolute Gasteiger partial charge is 0.495 e. The summed E-state index contributed by atoms with van der Waals surface area (Å²) in [6.07, 6.45) is 1.82. The first-order valence-electron chi connectivity index (χ1n) is 11.4. The number of benzene rings is 2. The summed E-state index contributed by atoms with van der Waals surface area (Å²) in [7, 11) is 1.50. The van der Waals surface area contributed by atoms with Crippen molar-refractivity contribution in [3.05, 3.63) is 59.4 Å². The number of halogens is 1. The Labute approximate surface area is 199 Å². The van der Waals surface area contributed by atoms with E-state index in [0.717, 1.165) is 16.9 Å². The van der Waals surface area contributed by atoms with Gasteiger partial charge in [0, 0.05) is 0 Å². The number of hydrogen-bond acceptors (Lipinski definition) is 4. The number of urea groups is 1. The summed E-state index contributed by atoms with van der Waals surface area (Å²) in [5, 5.41) is 5.54. The molecule has 2 N–H and O–H groups in total. The zero-order valence-corrected chi connectivity index (χ0v) is 20.3. The molecule has 3 rings (SSSR count). The summed E-state index contributed by atoms with van der Waals surface area (Å²) in [6.45, 7) is 7.68. The molecule has 1 atom stereocenters. The quantitative estimate of drug-likeness (QED) is 0.548. The molecule has 0 aliphatic carbocycles. The van der Waals surface area contributed by atoms with Gasteiger partial charge in [-0.05, 0) is 47.2 Å². The highest BCUT2D eigenvalue weighted by atomic mass is 19.1. The Kier molecular flexibility index (Phi) is 7.29. The molecule has 0 bridgehead atoms. The number of carbonyl (C=O) groups excluding carboxylic acids is 3. The summed E-state index contributed by atoms with van der Waals surface area (Å²) in [5.74, 6) is -1.02. The van der Waals surface area contributed by atoms with Crippen LogP contribution < -0.4 is 15.4 Å². The number of amides is 4. The van der Waals surface area contributed by atoms with Gasteiger partial charge in [0.1, 0.15) is 23.7 Å². The molecule has 0 aromatic heterocycles. The maximum atomic E-state index is 13.5. The third kappa shape index (κ3) is 5.05. The monoisotopic (exact) mass is 469 g/mol. The summed E-state index contributed by atoms with van der Waals surface area (Å²) in [5.41, 5.74) is 0.467. The van der Waals surface area contributed by atoms with Crippen molar-refractivity contribution in [1.82, 2.24) is 10.2 Å². The van der Waals surface area contributed by atoms with Crippen molar-refractivity contribution in [2.75, 3.05) is 19.0 Å². The lowest BCUT2D eigenvalue weighted by atomic mass is 9.85. The van der Waals surface area contributed by atoms with Crippen LogP contribution >= 0.6 is 0 Å². The Morgan fingerprint density at radius 3 is 2.41 bits per heavy atom. The number of methoxy groups -OCH3 is 1. The van der Waals surface area contributed by atoms with E-state index in [9.17, 15) is 18.8 Å². The van der Waals surface area contributed by atoms with Gasteiger partial charge in [0.2, 0.25) is 5.91 Å². The van der Waals surface area contributed by atoms with Crippen LogP contribution in [0, 0.1) is 5.82 Å². The van der Waals surface area contributed by atoms with Crippen molar-refractivity contribution >= 4 is 23.5 Å². The zero-order valence-electron chi connectivity index (χ0n) is 20.3. The number of nitrogens with one attached hydrogen (secondary N) is 2. The van der Waals surface area contributed by atoms with Gasteiger partial charge in [-0.1, -0.05) is 58.7 Å². The smallest absolute Gasteiger partial charge is 0.325 e. The lowest BCUT2D eigenvalue weighted by molar-refractivity contribution is -0.134. The predicted molar refractivity (Wildman–Crippen MR) is 128 cm³/mol. The van der Waals surface area contributed by atoms with E-state index in [2.05, 4.69) is 31.4 Å². The van der Waals surface area contributed by atoms with E-state index in [0.29, 0.717) is 29.8 Å². The normalized spacial score (nSPS) is 18.1. The number of ether oxygens (including phenoxy) is 1. The van der Waals surface area contributed by atoms with Gasteiger partial charge in [0.15, 0.2) is 0 Å². The Balaban J connectivity index is 1.84. The van der Waals surface area contributed by atoms with Gasteiger partial charge >= 0.3 is 6.03 Å². The molecule has 2 aromatic carbocycles. The van der Waals surface area contributed by atoms with Gasteiger partial charge in [0.05, 0.1) is 12.8 Å². The molecule has 1 heterocycles. The molecule has 1 aliphatic rings. The van der Waals surface area contributed by atoms with E-state index < -0.39 is 35.7 Å². The minimum atomic E-state index is -1.33. The molecule has 0 spiro atoms. The molecular formula is C26H32FN3O4. The Hall–Kier alpha value is -3.42. The van der Waals surface area contributed by atoms with Crippen LogP contribution in [-0.2, 0) is 20.5 Å². The van der Waals surface area contributed by atoms with Crippen LogP contribution in [0.2, 0.25) is 0 Å². The molecule has 4 amide bonds. The van der Waals surface area contributed by atoms with E-state index in [1.807, 2.05) is 19.1 Å². The maximum absolute atomic E-state index is 13.5. The van der Waals surface area contributed by atoms with E-state index in [-0.39, 0.29) is 5.41 Å². The predicted octanol–water partition coefficient (Wildman–Crippen LogP) is 4.71. The first kappa shape index (κ1) is 25.2. The van der Waals surface area contributed by atoms with Crippen LogP contribution in [0.25, 0.3) is 0 Å². The Morgan fingerprint density at radius 1 is 1.15 bits per heavy atom.